The van der Waals surface area contributed by atoms with E-state index in [0.717, 1.165) is 0 Å². The highest BCUT2D eigenvalue weighted by molar-refractivity contribution is 5.82. The molecule has 0 saturated carbocycles. The van der Waals surface area contributed by atoms with Crippen molar-refractivity contribution in [2.24, 2.45) is 0 Å². The molecule has 3 nitrogen and oxygen atoms in total. The lowest BCUT2D eigenvalue weighted by atomic mass is 10.7. The van der Waals surface area contributed by atoms with Gasteiger partial charge in [0.1, 0.15) is 0 Å². The molecule has 0 bridgehead atoms. The van der Waals surface area contributed by atoms with Gasteiger partial charge >= 0.3 is 11.9 Å². The summed E-state index contributed by atoms with van der Waals surface area (Å²) in [4.78, 5) is 19.6. The number of halogens is 3. The van der Waals surface area contributed by atoms with E-state index in [-0.39, 0.29) is 14.1 Å². The van der Waals surface area contributed by atoms with Gasteiger partial charge in [-0.25, -0.2) is 0 Å². The quantitative estimate of drug-likeness (QED) is 0.386. The van der Waals surface area contributed by atoms with Crippen LogP contribution in [0.15, 0.2) is 0 Å². The summed E-state index contributed by atoms with van der Waals surface area (Å²) in [6.45, 7) is 2.36. The molecule has 0 aliphatic carbocycles. The van der Waals surface area contributed by atoms with E-state index in [0.29, 0.717) is 0 Å². The summed E-state index contributed by atoms with van der Waals surface area (Å²) in [5.41, 5.74) is 0. The number of hydrogen-bond acceptors (Lipinski definition) is 3. The summed E-state index contributed by atoms with van der Waals surface area (Å²) in [6.07, 6.45) is 0. The normalized spacial score (nSPS) is 5.40. The van der Waals surface area contributed by atoms with Crippen molar-refractivity contribution in [3.8, 4) is 0 Å². The first kappa shape index (κ1) is 23.1. The zero-order chi connectivity index (χ0) is 5.86. The van der Waals surface area contributed by atoms with Crippen molar-refractivity contribution in [2.75, 3.05) is 0 Å². The first-order chi connectivity index (χ1) is 3.13. The summed E-state index contributed by atoms with van der Waals surface area (Å²) in [6, 6.07) is 0. The Morgan fingerprint density at radius 1 is 0.900 bits per heavy atom. The molecule has 0 aromatic heterocycles. The third-order valence-electron chi connectivity index (χ3n) is 0.287. The largest absolute Gasteiger partial charge is 0.394 e. The first-order valence-corrected chi connectivity index (χ1v) is 1.82. The highest BCUT2D eigenvalue weighted by atomic mass is 19.0. The Morgan fingerprint density at radius 3 is 1.10 bits per heavy atom. The molecule has 0 unspecified atom stereocenters. The van der Waals surface area contributed by atoms with Crippen molar-refractivity contribution in [1.29, 1.82) is 0 Å². The Kier molecular flexibility index (Phi) is 25.0. The Labute approximate surface area is 55.5 Å². The van der Waals surface area contributed by atoms with Crippen LogP contribution in [0.5, 0.6) is 0 Å². The van der Waals surface area contributed by atoms with Crippen molar-refractivity contribution in [1.82, 2.24) is 0 Å². The molecule has 0 aromatic carbocycles. The lowest BCUT2D eigenvalue weighted by molar-refractivity contribution is -0.156. The second-order valence-electron chi connectivity index (χ2n) is 1.09. The predicted octanol–water partition coefficient (Wildman–Crippen LogP) is 0.554. The SMILES string of the molecule is CC(=O)OC(C)=O.F.F.F. The van der Waals surface area contributed by atoms with E-state index in [2.05, 4.69) is 4.74 Å². The van der Waals surface area contributed by atoms with E-state index in [1.54, 1.807) is 0 Å². The fourth-order valence-corrected chi connectivity index (χ4v) is 0.202. The van der Waals surface area contributed by atoms with Crippen LogP contribution < -0.4 is 0 Å². The molecule has 6 heteroatoms. The minimum Gasteiger partial charge on any atom is -0.394 e. The first-order valence-electron chi connectivity index (χ1n) is 1.82. The topological polar surface area (TPSA) is 43.4 Å². The summed E-state index contributed by atoms with van der Waals surface area (Å²) < 4.78 is 3.97. The van der Waals surface area contributed by atoms with Crippen molar-refractivity contribution < 1.29 is 28.4 Å². The third-order valence-corrected chi connectivity index (χ3v) is 0.287. The molecule has 0 amide bonds. The van der Waals surface area contributed by atoms with Crippen molar-refractivity contribution >= 4 is 11.9 Å². The van der Waals surface area contributed by atoms with Crippen LogP contribution >= 0.6 is 0 Å². The maximum absolute atomic E-state index is 9.81. The smallest absolute Gasteiger partial charge is 0.310 e. The molecule has 0 fully saturated rings. The standard InChI is InChI=1S/C4H6O3.3FH/c1-3(5)7-4(2)6;;;/h1-2H3;3*1H. The maximum Gasteiger partial charge on any atom is 0.310 e. The molecule has 0 aromatic rings. The molecule has 0 aliphatic rings. The lowest BCUT2D eigenvalue weighted by Gasteiger charge is -1.87. The molecule has 0 N–H and O–H groups in total. The van der Waals surface area contributed by atoms with Gasteiger partial charge in [0, 0.05) is 13.8 Å². The average molecular weight is 162 g/mol. The summed E-state index contributed by atoms with van der Waals surface area (Å²) in [5, 5.41) is 0. The number of esters is 2. The number of rotatable bonds is 0. The zero-order valence-electron chi connectivity index (χ0n) is 5.45. The number of ether oxygens (including phenoxy) is 1. The van der Waals surface area contributed by atoms with E-state index in [1.165, 1.54) is 13.8 Å². The van der Waals surface area contributed by atoms with Gasteiger partial charge < -0.3 is 4.74 Å². The van der Waals surface area contributed by atoms with Gasteiger partial charge in [-0.3, -0.25) is 23.7 Å². The lowest BCUT2D eigenvalue weighted by Crippen LogP contribution is -2.03. The van der Waals surface area contributed by atoms with Crippen LogP contribution in [-0.2, 0) is 14.3 Å². The molecule has 10 heavy (non-hydrogen) atoms. The summed E-state index contributed by atoms with van der Waals surface area (Å²) >= 11 is 0. The van der Waals surface area contributed by atoms with Crippen molar-refractivity contribution in [3.05, 3.63) is 0 Å². The average Bonchev–Trinajstić information content (AvgIpc) is 1.27. The fourth-order valence-electron chi connectivity index (χ4n) is 0.202. The molecule has 0 heterocycles. The second kappa shape index (κ2) is 10.8. The molecule has 0 rings (SSSR count). The van der Waals surface area contributed by atoms with Gasteiger partial charge in [0.25, 0.3) is 0 Å². The van der Waals surface area contributed by atoms with Crippen LogP contribution in [0.1, 0.15) is 13.8 Å². The second-order valence-corrected chi connectivity index (χ2v) is 1.09. The monoisotopic (exact) mass is 162 g/mol. The van der Waals surface area contributed by atoms with Gasteiger partial charge in [0.2, 0.25) is 0 Å². The van der Waals surface area contributed by atoms with Gasteiger partial charge in [-0.2, -0.15) is 0 Å². The third kappa shape index (κ3) is 28.4. The Balaban J connectivity index is -0.0000000600. The van der Waals surface area contributed by atoms with Gasteiger partial charge in [-0.15, -0.1) is 0 Å². The molecule has 0 spiro atoms. The van der Waals surface area contributed by atoms with E-state index in [9.17, 15) is 9.59 Å². The highest BCUT2D eigenvalue weighted by Gasteiger charge is 1.93. The molecular weight excluding hydrogens is 153 g/mol. The minimum atomic E-state index is -0.562. The predicted molar refractivity (Wildman–Crippen MR) is 30.0 cm³/mol. The van der Waals surface area contributed by atoms with Gasteiger partial charge in [0.05, 0.1) is 0 Å². The number of carbonyl (C=O) groups is 2. The van der Waals surface area contributed by atoms with Crippen LogP contribution in [-0.4, -0.2) is 11.9 Å². The molecule has 0 saturated heterocycles. The molecule has 64 valence electrons. The van der Waals surface area contributed by atoms with Crippen LogP contribution in [0.25, 0.3) is 0 Å². The Morgan fingerprint density at radius 2 is 1.10 bits per heavy atom. The van der Waals surface area contributed by atoms with Crippen LogP contribution in [0.3, 0.4) is 0 Å². The van der Waals surface area contributed by atoms with Crippen LogP contribution in [0, 0.1) is 0 Å². The molecule has 0 atom stereocenters. The molecule has 0 radical (unpaired) electrons. The Bertz CT molecular complexity index is 91.9. The van der Waals surface area contributed by atoms with Crippen LogP contribution in [0.2, 0.25) is 0 Å². The zero-order valence-corrected chi connectivity index (χ0v) is 5.45. The van der Waals surface area contributed by atoms with E-state index in [1.807, 2.05) is 0 Å². The number of hydrogen-bond donors (Lipinski definition) is 0. The molecular formula is C4H9F3O3. The fraction of sp³-hybridized carbons (Fsp3) is 0.500. The van der Waals surface area contributed by atoms with Crippen LogP contribution in [0.4, 0.5) is 14.1 Å². The molecule has 0 aliphatic heterocycles. The van der Waals surface area contributed by atoms with E-state index < -0.39 is 11.9 Å². The van der Waals surface area contributed by atoms with Crippen molar-refractivity contribution in [2.45, 2.75) is 13.8 Å². The minimum absolute atomic E-state index is 0. The maximum atomic E-state index is 9.81. The van der Waals surface area contributed by atoms with Gasteiger partial charge in [-0.05, 0) is 0 Å². The van der Waals surface area contributed by atoms with E-state index in [4.69, 9.17) is 0 Å². The number of carbonyl (C=O) groups excluding carboxylic acids is 2. The summed E-state index contributed by atoms with van der Waals surface area (Å²) in [5.74, 6) is -1.12. The van der Waals surface area contributed by atoms with E-state index >= 15 is 0 Å². The Hall–Kier alpha value is -1.07. The highest BCUT2D eigenvalue weighted by Crippen LogP contribution is 1.73. The van der Waals surface area contributed by atoms with Gasteiger partial charge in [0.15, 0.2) is 0 Å². The van der Waals surface area contributed by atoms with Gasteiger partial charge in [-0.1, -0.05) is 0 Å². The van der Waals surface area contributed by atoms with Crippen molar-refractivity contribution in [3.63, 3.8) is 0 Å². The summed E-state index contributed by atoms with van der Waals surface area (Å²) in [7, 11) is 0.